The van der Waals surface area contributed by atoms with Gasteiger partial charge >= 0.3 is 0 Å². The highest BCUT2D eigenvalue weighted by atomic mass is 35.5. The zero-order chi connectivity index (χ0) is 34.6. The van der Waals surface area contributed by atoms with E-state index in [9.17, 15) is 24.0 Å². The van der Waals surface area contributed by atoms with Crippen LogP contribution in [0, 0.1) is 11.3 Å². The molecule has 2 aliphatic carbocycles. The molecular formula is C36H50ClN5O6. The van der Waals surface area contributed by atoms with Gasteiger partial charge in [0.2, 0.25) is 23.5 Å². The number of rotatable bonds is 12. The van der Waals surface area contributed by atoms with Crippen molar-refractivity contribution in [1.29, 1.82) is 0 Å². The predicted octanol–water partition coefficient (Wildman–Crippen LogP) is 4.19. The molecule has 5 rings (SSSR count). The van der Waals surface area contributed by atoms with Crippen LogP contribution in [-0.4, -0.2) is 70.6 Å². The molecule has 1 spiro atoms. The summed E-state index contributed by atoms with van der Waals surface area (Å²) in [6.07, 6.45) is 10.2. The summed E-state index contributed by atoms with van der Waals surface area (Å²) in [5.41, 5.74) is 2.65. The van der Waals surface area contributed by atoms with Gasteiger partial charge in [0.15, 0.2) is 0 Å². The molecule has 2 aliphatic heterocycles. The monoisotopic (exact) mass is 683 g/mol. The molecule has 0 aromatic heterocycles. The molecule has 11 nitrogen and oxygen atoms in total. The van der Waals surface area contributed by atoms with E-state index in [4.69, 9.17) is 16.4 Å². The lowest BCUT2D eigenvalue weighted by Gasteiger charge is -2.36. The summed E-state index contributed by atoms with van der Waals surface area (Å²) in [4.78, 5) is 75.4. The third-order valence-electron chi connectivity index (χ3n) is 9.81. The van der Waals surface area contributed by atoms with Gasteiger partial charge in [-0.25, -0.2) is 0 Å². The van der Waals surface area contributed by atoms with Gasteiger partial charge in [-0.15, -0.1) is 0 Å². The maximum absolute atomic E-state index is 14.5. The maximum Gasteiger partial charge on any atom is 0.289 e. The smallest absolute Gasteiger partial charge is 0.289 e. The topological polar surface area (TPSA) is 146 Å². The Bertz CT molecular complexity index is 1430. The summed E-state index contributed by atoms with van der Waals surface area (Å²) in [6, 6.07) is 4.26. The molecule has 4 N–H and O–H groups in total. The lowest BCUT2D eigenvalue weighted by atomic mass is 9.84. The van der Waals surface area contributed by atoms with Gasteiger partial charge in [-0.3, -0.25) is 34.3 Å². The molecule has 262 valence electrons. The van der Waals surface area contributed by atoms with Crippen molar-refractivity contribution in [3.63, 3.8) is 0 Å². The van der Waals surface area contributed by atoms with Gasteiger partial charge in [-0.05, 0) is 61.6 Å². The third kappa shape index (κ3) is 8.77. The van der Waals surface area contributed by atoms with Crippen LogP contribution in [0.2, 0.25) is 5.02 Å². The van der Waals surface area contributed by atoms with Crippen molar-refractivity contribution < 1.29 is 28.8 Å². The summed E-state index contributed by atoms with van der Waals surface area (Å²) >= 11 is 6.25. The van der Waals surface area contributed by atoms with Gasteiger partial charge < -0.3 is 20.9 Å². The van der Waals surface area contributed by atoms with Crippen LogP contribution in [-0.2, 0) is 28.8 Å². The van der Waals surface area contributed by atoms with Gasteiger partial charge in [0.25, 0.3) is 5.91 Å². The molecule has 1 aromatic carbocycles. The van der Waals surface area contributed by atoms with Crippen molar-refractivity contribution >= 4 is 46.7 Å². The number of hydroxylamine groups is 1. The quantitative estimate of drug-likeness (QED) is 0.242. The second-order valence-corrected chi connectivity index (χ2v) is 15.5. The molecule has 0 bridgehead atoms. The first-order valence-electron chi connectivity index (χ1n) is 17.5. The Morgan fingerprint density at radius 3 is 2.44 bits per heavy atom. The van der Waals surface area contributed by atoms with Crippen LogP contribution < -0.4 is 21.4 Å². The molecule has 0 radical (unpaired) electrons. The second-order valence-electron chi connectivity index (χ2n) is 15.1. The van der Waals surface area contributed by atoms with Crippen LogP contribution in [0.3, 0.4) is 0 Å². The summed E-state index contributed by atoms with van der Waals surface area (Å²) in [7, 11) is 0. The summed E-state index contributed by atoms with van der Waals surface area (Å²) in [5.74, 6) is -2.26. The minimum absolute atomic E-state index is 0.00243. The molecule has 48 heavy (non-hydrogen) atoms. The van der Waals surface area contributed by atoms with E-state index in [0.717, 1.165) is 44.1 Å². The number of nitrogens with one attached hydrogen (secondary N) is 4. The number of likely N-dealkylation sites (tertiary alicyclic amines) is 1. The number of halogens is 1. The predicted molar refractivity (Wildman–Crippen MR) is 182 cm³/mol. The second kappa shape index (κ2) is 15.0. The fourth-order valence-corrected chi connectivity index (χ4v) is 7.17. The highest BCUT2D eigenvalue weighted by Gasteiger charge is 2.54. The highest BCUT2D eigenvalue weighted by molar-refractivity contribution is 6.38. The molecule has 4 atom stereocenters. The number of amides is 4. The number of ketones is 1. The van der Waals surface area contributed by atoms with Crippen molar-refractivity contribution in [3.05, 3.63) is 40.9 Å². The van der Waals surface area contributed by atoms with Crippen LogP contribution in [0.5, 0.6) is 0 Å². The van der Waals surface area contributed by atoms with Crippen LogP contribution in [0.25, 0.3) is 5.70 Å². The number of benzene rings is 1. The molecule has 0 unspecified atom stereocenters. The van der Waals surface area contributed by atoms with Gasteiger partial charge in [-0.1, -0.05) is 77.1 Å². The minimum Gasteiger partial charge on any atom is -0.347 e. The zero-order valence-electron chi connectivity index (χ0n) is 28.5. The van der Waals surface area contributed by atoms with Crippen LogP contribution in [0.1, 0.15) is 104 Å². The lowest BCUT2D eigenvalue weighted by molar-refractivity contribution is -0.145. The normalized spacial score (nSPS) is 24.0. The Kier molecular flexibility index (Phi) is 11.2. The van der Waals surface area contributed by atoms with Gasteiger partial charge in [0.05, 0.1) is 18.3 Å². The van der Waals surface area contributed by atoms with Crippen LogP contribution in [0.4, 0.5) is 0 Å². The maximum atomic E-state index is 14.5. The Balaban J connectivity index is 1.40. The van der Waals surface area contributed by atoms with Gasteiger partial charge in [-0.2, -0.15) is 0 Å². The first-order chi connectivity index (χ1) is 22.8. The van der Waals surface area contributed by atoms with E-state index in [1.165, 1.54) is 11.3 Å². The third-order valence-corrected chi connectivity index (χ3v) is 10.0. The highest BCUT2D eigenvalue weighted by Crippen LogP contribution is 2.39. The van der Waals surface area contributed by atoms with Crippen molar-refractivity contribution in [2.75, 3.05) is 6.54 Å². The van der Waals surface area contributed by atoms with Crippen molar-refractivity contribution in [2.24, 2.45) is 11.3 Å². The largest absolute Gasteiger partial charge is 0.347 e. The number of hydrogen-bond acceptors (Lipinski definition) is 7. The molecule has 1 saturated heterocycles. The van der Waals surface area contributed by atoms with E-state index in [0.29, 0.717) is 29.5 Å². The molecule has 4 aliphatic rings. The Morgan fingerprint density at radius 1 is 1.06 bits per heavy atom. The van der Waals surface area contributed by atoms with Crippen LogP contribution >= 0.6 is 11.6 Å². The van der Waals surface area contributed by atoms with Crippen molar-refractivity contribution in [1.82, 2.24) is 26.3 Å². The van der Waals surface area contributed by atoms with Crippen LogP contribution in [0.15, 0.2) is 30.3 Å². The number of hydrogen-bond donors (Lipinski definition) is 4. The van der Waals surface area contributed by atoms with E-state index >= 15 is 0 Å². The minimum atomic E-state index is -1.07. The average Bonchev–Trinajstić information content (AvgIpc) is 3.63. The Morgan fingerprint density at radius 2 is 1.79 bits per heavy atom. The van der Waals surface area contributed by atoms with E-state index in [2.05, 4.69) is 21.4 Å². The zero-order valence-corrected chi connectivity index (χ0v) is 29.3. The van der Waals surface area contributed by atoms with Crippen molar-refractivity contribution in [2.45, 2.75) is 128 Å². The van der Waals surface area contributed by atoms with E-state index in [1.54, 1.807) is 12.1 Å². The first kappa shape index (κ1) is 35.9. The number of nitrogens with zero attached hydrogens (tertiary/aromatic N) is 1. The fraction of sp³-hybridized carbons (Fsp3) is 0.639. The average molecular weight is 684 g/mol. The molecule has 12 heteroatoms. The van der Waals surface area contributed by atoms with E-state index in [1.807, 2.05) is 45.9 Å². The Labute approximate surface area is 288 Å². The van der Waals surface area contributed by atoms with E-state index < -0.39 is 52.6 Å². The molecule has 3 fully saturated rings. The van der Waals surface area contributed by atoms with E-state index in [-0.39, 0.29) is 31.3 Å². The number of carbonyl (C=O) groups excluding carboxylic acids is 5. The lowest BCUT2D eigenvalue weighted by Crippen LogP contribution is -2.59. The number of carbonyl (C=O) groups is 5. The van der Waals surface area contributed by atoms with Gasteiger partial charge in [0, 0.05) is 29.5 Å². The Hall–Kier alpha value is -3.44. The molecule has 4 amide bonds. The summed E-state index contributed by atoms with van der Waals surface area (Å²) in [5, 5.41) is 9.09. The fourth-order valence-electron chi connectivity index (χ4n) is 6.98. The first-order valence-corrected chi connectivity index (χ1v) is 17.8. The SMILES string of the molecule is CCC[C@H](NC(=O)[C@@H]1C[C@]2(C=C(c3cccc(Cl)c3)NO2)CN1C(=O)[C@@H](NC(=O)CC1CCCCC1)C(C)(C)C)C(=O)C(=O)NC1CC1. The van der Waals surface area contributed by atoms with Gasteiger partial charge in [0.1, 0.15) is 17.7 Å². The molecular weight excluding hydrogens is 634 g/mol. The summed E-state index contributed by atoms with van der Waals surface area (Å²) < 4.78 is 0. The molecule has 2 saturated carbocycles. The molecule has 2 heterocycles. The molecule has 1 aromatic rings. The standard InChI is InChI=1S/C36H50ClN5O6/c1-5-10-26(30(44)33(46)38-25-15-16-25)39-32(45)28-20-36(19-27(41-48-36)23-13-9-14-24(37)18-23)21-42(28)34(47)31(35(2,3)4)40-29(43)17-22-11-7-6-8-12-22/h9,13-14,18-19,22,25-26,28,31,41H,5-8,10-12,15-17,20-21H2,1-4H3,(H,38,46)(H,39,45)(H,40,43)/t26-,28-,31+,36+/m0/s1. The number of Topliss-reactive ketones (excluding diaryl/α,β-unsaturated/α-hetero) is 1. The summed E-state index contributed by atoms with van der Waals surface area (Å²) in [6.45, 7) is 7.56. The van der Waals surface area contributed by atoms with Crippen molar-refractivity contribution in [3.8, 4) is 0 Å².